The van der Waals surface area contributed by atoms with Crippen LogP contribution >= 0.6 is 11.8 Å². The lowest BCUT2D eigenvalue weighted by Gasteiger charge is -2.18. The van der Waals surface area contributed by atoms with Gasteiger partial charge in [0, 0.05) is 11.9 Å². The van der Waals surface area contributed by atoms with Crippen LogP contribution in [-0.2, 0) is 0 Å². The summed E-state index contributed by atoms with van der Waals surface area (Å²) in [5.41, 5.74) is 0.665. The number of hydrogen-bond acceptors (Lipinski definition) is 4. The Morgan fingerprint density at radius 1 is 1.35 bits per heavy atom. The van der Waals surface area contributed by atoms with Crippen LogP contribution in [0.25, 0.3) is 0 Å². The lowest BCUT2D eigenvalue weighted by Crippen LogP contribution is -2.23. The second-order valence-electron chi connectivity index (χ2n) is 4.50. The molecule has 110 valence electrons. The van der Waals surface area contributed by atoms with E-state index >= 15 is 0 Å². The maximum absolute atomic E-state index is 13.9. The lowest BCUT2D eigenvalue weighted by molar-refractivity contribution is -0.105. The number of halogens is 4. The molecule has 0 fully saturated rings. The highest BCUT2D eigenvalue weighted by Gasteiger charge is 2.28. The monoisotopic (exact) mass is 307 g/mol. The molecule has 0 atom stereocenters. The van der Waals surface area contributed by atoms with Crippen LogP contribution in [0, 0.1) is 12.7 Å². The number of anilines is 1. The fourth-order valence-corrected chi connectivity index (χ4v) is 2.53. The first-order chi connectivity index (χ1) is 9.26. The molecule has 0 saturated carbocycles. The summed E-state index contributed by atoms with van der Waals surface area (Å²) < 4.78 is 50.7. The van der Waals surface area contributed by atoms with Gasteiger partial charge in [0.05, 0.1) is 11.4 Å². The van der Waals surface area contributed by atoms with Gasteiger partial charge in [-0.2, -0.15) is 18.3 Å². The zero-order chi connectivity index (χ0) is 14.9. The second kappa shape index (κ2) is 5.51. The minimum Gasteiger partial charge on any atom is -0.345 e. The van der Waals surface area contributed by atoms with E-state index in [-0.39, 0.29) is 5.69 Å². The molecule has 8 heteroatoms. The van der Waals surface area contributed by atoms with Crippen molar-refractivity contribution in [1.82, 2.24) is 4.90 Å². The van der Waals surface area contributed by atoms with E-state index in [1.807, 2.05) is 0 Å². The Kier molecular flexibility index (Phi) is 4.12. The zero-order valence-corrected chi connectivity index (χ0v) is 11.7. The maximum atomic E-state index is 13.9. The first kappa shape index (κ1) is 15.0. The Morgan fingerprint density at radius 3 is 2.60 bits per heavy atom. The van der Waals surface area contributed by atoms with Crippen LogP contribution in [0.1, 0.15) is 5.56 Å². The van der Waals surface area contributed by atoms with Crippen LogP contribution in [0.5, 0.6) is 0 Å². The molecule has 1 heterocycles. The number of thioether (sulfide) groups is 1. The summed E-state index contributed by atoms with van der Waals surface area (Å²) in [6, 6.07) is 2.65. The summed E-state index contributed by atoms with van der Waals surface area (Å²) in [5.74, 6) is -1.49. The van der Waals surface area contributed by atoms with Gasteiger partial charge in [0.15, 0.2) is 0 Å². The highest BCUT2D eigenvalue weighted by atomic mass is 32.2. The van der Waals surface area contributed by atoms with Gasteiger partial charge in [-0.1, -0.05) is 0 Å². The molecule has 1 aromatic carbocycles. The molecule has 0 aliphatic carbocycles. The van der Waals surface area contributed by atoms with Gasteiger partial charge in [-0.3, -0.25) is 0 Å². The first-order valence-electron chi connectivity index (χ1n) is 5.78. The minimum absolute atomic E-state index is 0.181. The van der Waals surface area contributed by atoms with E-state index in [1.54, 1.807) is 18.9 Å². The molecule has 1 aliphatic rings. The highest BCUT2D eigenvalue weighted by molar-refractivity contribution is 7.99. The number of alkyl halides is 3. The molecule has 20 heavy (non-hydrogen) atoms. The van der Waals surface area contributed by atoms with Crippen molar-refractivity contribution in [3.63, 3.8) is 0 Å². The smallest absolute Gasteiger partial charge is 0.345 e. The molecule has 0 saturated heterocycles. The summed E-state index contributed by atoms with van der Waals surface area (Å²) in [6.07, 6.45) is -2.72. The van der Waals surface area contributed by atoms with Gasteiger partial charge in [0.2, 0.25) is 0 Å². The van der Waals surface area contributed by atoms with Crippen LogP contribution in [0.2, 0.25) is 0 Å². The Balaban J connectivity index is 2.23. The van der Waals surface area contributed by atoms with Crippen LogP contribution in [0.3, 0.4) is 0 Å². The van der Waals surface area contributed by atoms with Crippen LogP contribution in [-0.4, -0.2) is 36.9 Å². The molecule has 2 rings (SSSR count). The number of nitrogens with zero attached hydrogens (tertiary/aromatic N) is 3. The summed E-state index contributed by atoms with van der Waals surface area (Å²) in [4.78, 5) is 2.14. The van der Waals surface area contributed by atoms with Crippen molar-refractivity contribution in [3.8, 4) is 0 Å². The van der Waals surface area contributed by atoms with Crippen LogP contribution in [0.15, 0.2) is 22.1 Å². The third kappa shape index (κ3) is 3.56. The molecule has 1 aromatic rings. The van der Waals surface area contributed by atoms with Crippen molar-refractivity contribution < 1.29 is 17.6 Å². The fraction of sp³-hybridized carbons (Fsp3) is 0.417. The maximum Gasteiger partial charge on any atom is 0.398 e. The van der Waals surface area contributed by atoms with Crippen molar-refractivity contribution >= 4 is 23.8 Å². The molecular weight excluding hydrogens is 294 g/mol. The van der Waals surface area contributed by atoms with Crippen molar-refractivity contribution in [2.75, 3.05) is 24.5 Å². The van der Waals surface area contributed by atoms with Gasteiger partial charge in [-0.15, -0.1) is 11.8 Å². The van der Waals surface area contributed by atoms with Crippen molar-refractivity contribution in [2.24, 2.45) is 5.10 Å². The molecule has 1 aliphatic heterocycles. The van der Waals surface area contributed by atoms with Gasteiger partial charge in [0.1, 0.15) is 18.8 Å². The van der Waals surface area contributed by atoms with E-state index in [0.29, 0.717) is 28.9 Å². The molecule has 0 bridgehead atoms. The quantitative estimate of drug-likeness (QED) is 0.630. The Bertz CT molecular complexity index is 530. The van der Waals surface area contributed by atoms with Gasteiger partial charge >= 0.3 is 6.18 Å². The number of rotatable bonds is 3. The molecule has 3 nitrogen and oxygen atoms in total. The SMILES string of the molecule is Cc1cc(F)c(N2CN(C)C=N2)cc1SCC(F)(F)F. The summed E-state index contributed by atoms with van der Waals surface area (Å²) in [5, 5.41) is 5.40. The highest BCUT2D eigenvalue weighted by Crippen LogP contribution is 2.34. The predicted molar refractivity (Wildman–Crippen MR) is 71.5 cm³/mol. The molecule has 0 unspecified atom stereocenters. The van der Waals surface area contributed by atoms with Crippen molar-refractivity contribution in [3.05, 3.63) is 23.5 Å². The Hall–Kier alpha value is -1.44. The largest absolute Gasteiger partial charge is 0.398 e. The van der Waals surface area contributed by atoms with Gasteiger partial charge in [-0.25, -0.2) is 9.40 Å². The molecule has 0 aromatic heterocycles. The number of benzene rings is 1. The fourth-order valence-electron chi connectivity index (χ4n) is 1.73. The summed E-state index contributed by atoms with van der Waals surface area (Å²) in [6.45, 7) is 1.95. The second-order valence-corrected chi connectivity index (χ2v) is 5.52. The number of hydrogen-bond donors (Lipinski definition) is 0. The van der Waals surface area contributed by atoms with E-state index in [9.17, 15) is 17.6 Å². The molecule has 0 N–H and O–H groups in total. The third-order valence-electron chi connectivity index (χ3n) is 2.66. The Morgan fingerprint density at radius 2 is 2.05 bits per heavy atom. The van der Waals surface area contributed by atoms with Crippen LogP contribution < -0.4 is 5.01 Å². The van der Waals surface area contributed by atoms with Crippen molar-refractivity contribution in [2.45, 2.75) is 18.0 Å². The van der Waals surface area contributed by atoms with E-state index in [4.69, 9.17) is 0 Å². The van der Waals surface area contributed by atoms with Crippen LogP contribution in [0.4, 0.5) is 23.2 Å². The average Bonchev–Trinajstić information content (AvgIpc) is 2.73. The molecular formula is C12H13F4N3S. The first-order valence-corrected chi connectivity index (χ1v) is 6.76. The summed E-state index contributed by atoms with van der Waals surface area (Å²) in [7, 11) is 1.77. The van der Waals surface area contributed by atoms with Gasteiger partial charge in [-0.05, 0) is 24.6 Å². The van der Waals surface area contributed by atoms with E-state index < -0.39 is 17.7 Å². The summed E-state index contributed by atoms with van der Waals surface area (Å²) >= 11 is 0.653. The van der Waals surface area contributed by atoms with E-state index in [2.05, 4.69) is 5.10 Å². The molecule has 0 spiro atoms. The molecule has 0 radical (unpaired) electrons. The number of aryl methyl sites for hydroxylation is 1. The average molecular weight is 307 g/mol. The van der Waals surface area contributed by atoms with Gasteiger partial charge in [0.25, 0.3) is 0 Å². The minimum atomic E-state index is -4.25. The normalized spacial score (nSPS) is 15.3. The molecule has 0 amide bonds. The zero-order valence-electron chi connectivity index (χ0n) is 10.9. The standard InChI is InChI=1S/C12H13F4N3S/c1-8-3-9(13)10(19-7-18(2)6-17-19)4-11(8)20-5-12(14,15)16/h3-4,6H,5,7H2,1-2H3. The lowest BCUT2D eigenvalue weighted by atomic mass is 10.2. The van der Waals surface area contributed by atoms with Gasteiger partial charge < -0.3 is 4.90 Å². The number of hydrazone groups is 1. The topological polar surface area (TPSA) is 18.8 Å². The third-order valence-corrected chi connectivity index (χ3v) is 3.88. The van der Waals surface area contributed by atoms with Crippen molar-refractivity contribution in [1.29, 1.82) is 0 Å². The van der Waals surface area contributed by atoms with E-state index in [1.165, 1.54) is 23.5 Å². The predicted octanol–water partition coefficient (Wildman–Crippen LogP) is 3.44. The van der Waals surface area contributed by atoms with E-state index in [0.717, 1.165) is 0 Å². The Labute approximate surface area is 118 Å².